The van der Waals surface area contributed by atoms with Crippen molar-refractivity contribution in [3.8, 4) is 11.5 Å². The molecule has 1 saturated carbocycles. The number of phenolic OH excluding ortho intramolecular Hbond substituents is 1. The normalized spacial score (nSPS) is 19.8. The van der Waals surface area contributed by atoms with Crippen molar-refractivity contribution in [3.63, 3.8) is 0 Å². The van der Waals surface area contributed by atoms with E-state index in [0.717, 1.165) is 12.8 Å². The number of phenols is 1. The van der Waals surface area contributed by atoms with E-state index in [2.05, 4.69) is 0 Å². The van der Waals surface area contributed by atoms with E-state index in [9.17, 15) is 14.7 Å². The molecule has 1 heterocycles. The average molecular weight is 304 g/mol. The monoisotopic (exact) mass is 304 g/mol. The van der Waals surface area contributed by atoms with Crippen molar-refractivity contribution >= 4 is 18.0 Å². The summed E-state index contributed by atoms with van der Waals surface area (Å²) < 4.78 is 15.6. The van der Waals surface area contributed by atoms with Crippen molar-refractivity contribution < 1.29 is 28.9 Å². The Kier molecular flexibility index (Phi) is 3.52. The minimum absolute atomic E-state index is 0.0818. The summed E-state index contributed by atoms with van der Waals surface area (Å²) in [6.07, 6.45) is 4.16. The van der Waals surface area contributed by atoms with Gasteiger partial charge in [0, 0.05) is 12.8 Å². The molecule has 1 N–H and O–H groups in total. The van der Waals surface area contributed by atoms with Gasteiger partial charge in [0.15, 0.2) is 11.5 Å². The van der Waals surface area contributed by atoms with Crippen LogP contribution in [0.25, 0.3) is 6.08 Å². The number of ether oxygens (including phenoxy) is 3. The second kappa shape index (κ2) is 5.36. The molecule has 1 spiro atoms. The summed E-state index contributed by atoms with van der Waals surface area (Å²) in [6.45, 7) is 0. The molecule has 1 saturated heterocycles. The fourth-order valence-corrected chi connectivity index (χ4v) is 2.75. The fourth-order valence-electron chi connectivity index (χ4n) is 2.75. The van der Waals surface area contributed by atoms with Gasteiger partial charge in [-0.2, -0.15) is 0 Å². The molecule has 0 aromatic heterocycles. The van der Waals surface area contributed by atoms with Crippen LogP contribution in [0.3, 0.4) is 0 Å². The van der Waals surface area contributed by atoms with Gasteiger partial charge >= 0.3 is 11.9 Å². The topological polar surface area (TPSA) is 82.1 Å². The van der Waals surface area contributed by atoms with Crippen LogP contribution in [-0.4, -0.2) is 29.9 Å². The Morgan fingerprint density at radius 2 is 1.82 bits per heavy atom. The fraction of sp³-hybridized carbons (Fsp3) is 0.375. The molecule has 1 aliphatic heterocycles. The highest BCUT2D eigenvalue weighted by Gasteiger charge is 2.47. The predicted octanol–water partition coefficient (Wildman–Crippen LogP) is 2.15. The van der Waals surface area contributed by atoms with E-state index in [1.165, 1.54) is 19.3 Å². The number of esters is 2. The molecule has 1 aliphatic carbocycles. The third-order valence-corrected chi connectivity index (χ3v) is 3.88. The Bertz CT molecular complexity index is 633. The molecule has 1 aromatic rings. The van der Waals surface area contributed by atoms with Gasteiger partial charge in [-0.3, -0.25) is 0 Å². The zero-order chi connectivity index (χ0) is 15.7. The third kappa shape index (κ3) is 2.52. The van der Waals surface area contributed by atoms with Crippen LogP contribution in [0.5, 0.6) is 11.5 Å². The molecule has 6 nitrogen and oxygen atoms in total. The first-order valence-corrected chi connectivity index (χ1v) is 7.08. The minimum Gasteiger partial charge on any atom is -0.504 e. The molecule has 0 bridgehead atoms. The molecule has 0 unspecified atom stereocenters. The lowest BCUT2D eigenvalue weighted by molar-refractivity contribution is -0.232. The molecule has 116 valence electrons. The van der Waals surface area contributed by atoms with Gasteiger partial charge in [0.05, 0.1) is 7.11 Å². The van der Waals surface area contributed by atoms with Crippen LogP contribution in [0.2, 0.25) is 0 Å². The van der Waals surface area contributed by atoms with Crippen molar-refractivity contribution in [1.29, 1.82) is 0 Å². The Morgan fingerprint density at radius 1 is 1.18 bits per heavy atom. The van der Waals surface area contributed by atoms with Crippen molar-refractivity contribution in [2.45, 2.75) is 31.5 Å². The quantitative estimate of drug-likeness (QED) is 0.512. The number of hydrogen-bond acceptors (Lipinski definition) is 6. The van der Waals surface area contributed by atoms with E-state index in [0.29, 0.717) is 24.2 Å². The van der Waals surface area contributed by atoms with E-state index in [-0.39, 0.29) is 11.3 Å². The maximum atomic E-state index is 12.1. The van der Waals surface area contributed by atoms with Gasteiger partial charge in [0.1, 0.15) is 5.57 Å². The van der Waals surface area contributed by atoms with Crippen LogP contribution in [0.4, 0.5) is 0 Å². The Morgan fingerprint density at radius 3 is 2.36 bits per heavy atom. The lowest BCUT2D eigenvalue weighted by Gasteiger charge is -2.32. The number of carbonyl (C=O) groups excluding carboxylic acids is 2. The lowest BCUT2D eigenvalue weighted by atomic mass is 10.1. The Balaban J connectivity index is 1.87. The standard InChI is InChI=1S/C16H16O6/c1-20-13-5-4-10(9-12(13)17)8-11-14(18)21-16(22-15(11)19)6-2-3-7-16/h4-5,8-9,17H,2-3,6-7H2,1H3. The second-order valence-corrected chi connectivity index (χ2v) is 5.39. The van der Waals surface area contributed by atoms with E-state index >= 15 is 0 Å². The van der Waals surface area contributed by atoms with E-state index < -0.39 is 17.7 Å². The van der Waals surface area contributed by atoms with Crippen LogP contribution in [0, 0.1) is 0 Å². The maximum absolute atomic E-state index is 12.1. The van der Waals surface area contributed by atoms with Crippen LogP contribution < -0.4 is 4.74 Å². The Hall–Kier alpha value is -2.50. The SMILES string of the molecule is COc1ccc(C=C2C(=O)OC3(CCCC3)OC2=O)cc1O. The first-order chi connectivity index (χ1) is 10.5. The number of hydrogen-bond donors (Lipinski definition) is 1. The first kappa shape index (κ1) is 14.4. The summed E-state index contributed by atoms with van der Waals surface area (Å²) in [5.74, 6) is -2.22. The first-order valence-electron chi connectivity index (χ1n) is 7.08. The smallest absolute Gasteiger partial charge is 0.348 e. The number of benzene rings is 1. The summed E-state index contributed by atoms with van der Waals surface area (Å²) in [7, 11) is 1.43. The number of rotatable bonds is 2. The lowest BCUT2D eigenvalue weighted by Crippen LogP contribution is -2.44. The zero-order valence-electron chi connectivity index (χ0n) is 12.1. The van der Waals surface area contributed by atoms with Crippen LogP contribution in [0.15, 0.2) is 23.8 Å². The van der Waals surface area contributed by atoms with Crippen LogP contribution in [-0.2, 0) is 19.1 Å². The summed E-state index contributed by atoms with van der Waals surface area (Å²) in [5, 5.41) is 9.73. The molecule has 0 amide bonds. The molecule has 3 rings (SSSR count). The highest BCUT2D eigenvalue weighted by atomic mass is 16.7. The highest BCUT2D eigenvalue weighted by Crippen LogP contribution is 2.38. The van der Waals surface area contributed by atoms with E-state index in [1.807, 2.05) is 0 Å². The number of carbonyl (C=O) groups is 2. The van der Waals surface area contributed by atoms with Gasteiger partial charge in [-0.1, -0.05) is 6.07 Å². The van der Waals surface area contributed by atoms with Crippen LogP contribution in [0.1, 0.15) is 31.2 Å². The predicted molar refractivity (Wildman–Crippen MR) is 76.0 cm³/mol. The van der Waals surface area contributed by atoms with Crippen molar-refractivity contribution in [1.82, 2.24) is 0 Å². The number of methoxy groups -OCH3 is 1. The van der Waals surface area contributed by atoms with Crippen molar-refractivity contribution in [3.05, 3.63) is 29.3 Å². The molecule has 22 heavy (non-hydrogen) atoms. The van der Waals surface area contributed by atoms with Gasteiger partial charge in [0.25, 0.3) is 5.79 Å². The zero-order valence-corrected chi connectivity index (χ0v) is 12.1. The van der Waals surface area contributed by atoms with Crippen LogP contribution >= 0.6 is 0 Å². The largest absolute Gasteiger partial charge is 0.504 e. The molecular formula is C16H16O6. The highest BCUT2D eigenvalue weighted by molar-refractivity contribution is 6.18. The molecule has 1 aromatic carbocycles. The maximum Gasteiger partial charge on any atom is 0.348 e. The van der Waals surface area contributed by atoms with Gasteiger partial charge in [-0.05, 0) is 36.6 Å². The Labute approximate surface area is 127 Å². The molecule has 6 heteroatoms. The summed E-state index contributed by atoms with van der Waals surface area (Å²) in [4.78, 5) is 24.2. The molecule has 0 atom stereocenters. The van der Waals surface area contributed by atoms with Gasteiger partial charge in [0.2, 0.25) is 0 Å². The van der Waals surface area contributed by atoms with E-state index in [1.54, 1.807) is 12.1 Å². The van der Waals surface area contributed by atoms with Gasteiger partial charge in [-0.15, -0.1) is 0 Å². The van der Waals surface area contributed by atoms with Crippen molar-refractivity contribution in [2.24, 2.45) is 0 Å². The van der Waals surface area contributed by atoms with E-state index in [4.69, 9.17) is 14.2 Å². The average Bonchev–Trinajstić information content (AvgIpc) is 2.91. The molecule has 0 radical (unpaired) electrons. The summed E-state index contributed by atoms with van der Waals surface area (Å²) >= 11 is 0. The number of aromatic hydroxyl groups is 1. The summed E-state index contributed by atoms with van der Waals surface area (Å²) in [6, 6.07) is 4.55. The molecule has 2 aliphatic rings. The molecule has 2 fully saturated rings. The minimum atomic E-state index is -1.08. The van der Waals surface area contributed by atoms with Crippen molar-refractivity contribution in [2.75, 3.05) is 7.11 Å². The third-order valence-electron chi connectivity index (χ3n) is 3.88. The van der Waals surface area contributed by atoms with Gasteiger partial charge in [-0.25, -0.2) is 9.59 Å². The molecular weight excluding hydrogens is 288 g/mol. The van der Waals surface area contributed by atoms with Gasteiger partial charge < -0.3 is 19.3 Å². The second-order valence-electron chi connectivity index (χ2n) is 5.39. The summed E-state index contributed by atoms with van der Waals surface area (Å²) in [5.41, 5.74) is 0.298.